The lowest BCUT2D eigenvalue weighted by Crippen LogP contribution is -1.87. The summed E-state index contributed by atoms with van der Waals surface area (Å²) in [7, 11) is 0. The van der Waals surface area contributed by atoms with Crippen molar-refractivity contribution in [3.63, 3.8) is 0 Å². The summed E-state index contributed by atoms with van der Waals surface area (Å²) in [6, 6.07) is 30.0. The second-order valence-electron chi connectivity index (χ2n) is 10.5. The monoisotopic (exact) mass is 546 g/mol. The van der Waals surface area contributed by atoms with E-state index in [1.54, 1.807) is 0 Å². The molecule has 0 nitrogen and oxygen atoms in total. The van der Waals surface area contributed by atoms with Gasteiger partial charge >= 0.3 is 0 Å². The summed E-state index contributed by atoms with van der Waals surface area (Å²) in [6.07, 6.45) is 0. The summed E-state index contributed by atoms with van der Waals surface area (Å²) in [5.41, 5.74) is 9.50. The Morgan fingerprint density at radius 1 is 0.450 bits per heavy atom. The van der Waals surface area contributed by atoms with Crippen molar-refractivity contribution < 1.29 is 0 Å². The molecule has 5 aromatic carbocycles. The minimum Gasteiger partial charge on any atom is -0.134 e. The van der Waals surface area contributed by atoms with Gasteiger partial charge in [0.25, 0.3) is 0 Å². The Kier molecular flexibility index (Phi) is 5.98. The van der Waals surface area contributed by atoms with Crippen LogP contribution in [0.15, 0.2) is 84.9 Å². The molecule has 2 aromatic heterocycles. The molecule has 7 aromatic rings. The lowest BCUT2D eigenvalue weighted by atomic mass is 9.95. The quantitative estimate of drug-likeness (QED) is 0.166. The van der Waals surface area contributed by atoms with Crippen molar-refractivity contribution in [1.29, 1.82) is 0 Å². The third-order valence-corrected chi connectivity index (χ3v) is 10.1. The highest BCUT2D eigenvalue weighted by Gasteiger charge is 2.22. The zero-order valence-corrected chi connectivity index (χ0v) is 24.5. The molecule has 7 rings (SSSR count). The molecule has 0 N–H and O–H groups in total. The Bertz CT molecular complexity index is 2070. The van der Waals surface area contributed by atoms with Crippen LogP contribution in [0.1, 0.15) is 44.5 Å². The molecule has 0 amide bonds. The maximum Gasteiger partial charge on any atom is 0.0532 e. The fourth-order valence-electron chi connectivity index (χ4n) is 5.33. The first-order valence-corrected chi connectivity index (χ1v) is 15.1. The van der Waals surface area contributed by atoms with Crippen molar-refractivity contribution in [2.45, 2.75) is 27.7 Å². The maximum atomic E-state index is 3.67. The third-order valence-electron chi connectivity index (χ3n) is 7.77. The Morgan fingerprint density at radius 2 is 0.825 bits per heavy atom. The molecule has 40 heavy (non-hydrogen) atoms. The van der Waals surface area contributed by atoms with E-state index in [0.29, 0.717) is 0 Å². The van der Waals surface area contributed by atoms with Crippen molar-refractivity contribution in [3.05, 3.63) is 129 Å². The van der Waals surface area contributed by atoms with Gasteiger partial charge in [-0.2, -0.15) is 0 Å². The van der Waals surface area contributed by atoms with Gasteiger partial charge in [0.15, 0.2) is 0 Å². The van der Waals surface area contributed by atoms with Crippen LogP contribution < -0.4 is 0 Å². The van der Waals surface area contributed by atoms with Crippen molar-refractivity contribution in [2.75, 3.05) is 0 Å². The normalized spacial score (nSPS) is 11.1. The van der Waals surface area contributed by atoms with Crippen LogP contribution in [0, 0.1) is 51.4 Å². The fourth-order valence-corrected chi connectivity index (χ4v) is 7.92. The Morgan fingerprint density at radius 3 is 1.23 bits per heavy atom. The number of aryl methyl sites for hydroxylation is 4. The van der Waals surface area contributed by atoms with Crippen LogP contribution in [0.2, 0.25) is 0 Å². The zero-order valence-electron chi connectivity index (χ0n) is 22.9. The Balaban J connectivity index is 1.70. The number of hydrogen-bond donors (Lipinski definition) is 0. The summed E-state index contributed by atoms with van der Waals surface area (Å²) in [6.45, 7) is 8.80. The molecule has 0 atom stereocenters. The number of thiophene rings is 2. The zero-order chi connectivity index (χ0) is 27.4. The predicted molar refractivity (Wildman–Crippen MR) is 176 cm³/mol. The number of rotatable bonds is 0. The first kappa shape index (κ1) is 24.7. The minimum atomic E-state index is 1.02. The summed E-state index contributed by atoms with van der Waals surface area (Å²) in [4.78, 5) is 0. The van der Waals surface area contributed by atoms with E-state index in [1.807, 2.05) is 34.8 Å². The summed E-state index contributed by atoms with van der Waals surface area (Å²) < 4.78 is 5.03. The largest absolute Gasteiger partial charge is 0.134 e. The minimum absolute atomic E-state index is 1.02. The SMILES string of the molecule is Cc1cc2sc3c(C#Cc4ccccc4)c4c(sc5cc(C)c(C)cc54)c(C#Cc4ccccc4)c3c2cc1C. The summed E-state index contributed by atoms with van der Waals surface area (Å²) in [5.74, 6) is 14.3. The highest BCUT2D eigenvalue weighted by atomic mass is 32.1. The fraction of sp³-hybridized carbons (Fsp3) is 0.105. The number of hydrogen-bond acceptors (Lipinski definition) is 2. The molecule has 0 spiro atoms. The topological polar surface area (TPSA) is 0 Å². The van der Waals surface area contributed by atoms with Gasteiger partial charge in [-0.1, -0.05) is 60.1 Å². The van der Waals surface area contributed by atoms with E-state index in [9.17, 15) is 0 Å². The van der Waals surface area contributed by atoms with Crippen LogP contribution in [-0.4, -0.2) is 0 Å². The van der Waals surface area contributed by atoms with Crippen molar-refractivity contribution in [2.24, 2.45) is 0 Å². The second kappa shape index (κ2) is 9.69. The van der Waals surface area contributed by atoms with Crippen molar-refractivity contribution >= 4 is 63.0 Å². The van der Waals surface area contributed by atoms with Crippen molar-refractivity contribution in [1.82, 2.24) is 0 Å². The highest BCUT2D eigenvalue weighted by Crippen LogP contribution is 2.48. The van der Waals surface area contributed by atoms with Gasteiger partial charge in [0.2, 0.25) is 0 Å². The van der Waals surface area contributed by atoms with Crippen LogP contribution >= 0.6 is 22.7 Å². The van der Waals surface area contributed by atoms with Crippen LogP contribution in [-0.2, 0) is 0 Å². The van der Waals surface area contributed by atoms with Gasteiger partial charge in [0.1, 0.15) is 0 Å². The average Bonchev–Trinajstić information content (AvgIpc) is 3.50. The lowest BCUT2D eigenvalue weighted by molar-refractivity contribution is 1.37. The van der Waals surface area contributed by atoms with E-state index in [1.165, 1.54) is 62.6 Å². The highest BCUT2D eigenvalue weighted by molar-refractivity contribution is 7.28. The first-order chi connectivity index (χ1) is 19.5. The van der Waals surface area contributed by atoms with Gasteiger partial charge in [-0.05, 0) is 98.5 Å². The molecule has 0 saturated carbocycles. The Labute approximate surface area is 242 Å². The molecule has 0 bridgehead atoms. The average molecular weight is 547 g/mol. The van der Waals surface area contributed by atoms with Gasteiger partial charge in [0, 0.05) is 42.1 Å². The molecule has 0 aliphatic heterocycles. The standard InChI is InChI=1S/C38H26S2/c1-23-19-31-33(21-25(23)3)39-37-30(18-16-28-13-9-6-10-14-28)36-32-20-24(2)26(4)22-34(32)40-38(36)29(35(31)37)17-15-27-11-7-5-8-12-27/h5-14,19-22H,1-4H3. The third kappa shape index (κ3) is 4.09. The van der Waals surface area contributed by atoms with Crippen LogP contribution in [0.25, 0.3) is 40.3 Å². The maximum absolute atomic E-state index is 3.67. The van der Waals surface area contributed by atoms with Gasteiger partial charge in [-0.25, -0.2) is 0 Å². The number of benzene rings is 5. The van der Waals surface area contributed by atoms with Crippen LogP contribution in [0.5, 0.6) is 0 Å². The molecular formula is C38H26S2. The molecule has 0 aliphatic carbocycles. The van der Waals surface area contributed by atoms with Gasteiger partial charge in [-0.3, -0.25) is 0 Å². The van der Waals surface area contributed by atoms with Crippen LogP contribution in [0.4, 0.5) is 0 Å². The molecule has 0 radical (unpaired) electrons. The summed E-state index contributed by atoms with van der Waals surface area (Å²) in [5, 5.41) is 5.01. The van der Waals surface area contributed by atoms with E-state index < -0.39 is 0 Å². The van der Waals surface area contributed by atoms with Crippen molar-refractivity contribution in [3.8, 4) is 23.7 Å². The van der Waals surface area contributed by atoms with Crippen LogP contribution in [0.3, 0.4) is 0 Å². The molecule has 0 unspecified atom stereocenters. The molecular weight excluding hydrogens is 521 g/mol. The molecule has 0 saturated heterocycles. The van der Waals surface area contributed by atoms with Gasteiger partial charge in [0.05, 0.1) is 20.5 Å². The van der Waals surface area contributed by atoms with Gasteiger partial charge < -0.3 is 0 Å². The molecule has 0 aliphatic rings. The first-order valence-electron chi connectivity index (χ1n) is 13.4. The van der Waals surface area contributed by atoms with E-state index in [0.717, 1.165) is 22.3 Å². The summed E-state index contributed by atoms with van der Waals surface area (Å²) >= 11 is 3.70. The second-order valence-corrected chi connectivity index (χ2v) is 12.6. The molecule has 2 heteroatoms. The Hall–Kier alpha value is -4.34. The molecule has 2 heterocycles. The van der Waals surface area contributed by atoms with E-state index in [2.05, 4.69) is 124 Å². The van der Waals surface area contributed by atoms with E-state index in [4.69, 9.17) is 0 Å². The smallest absolute Gasteiger partial charge is 0.0532 e. The number of fused-ring (bicyclic) bond motifs is 6. The van der Waals surface area contributed by atoms with E-state index in [-0.39, 0.29) is 0 Å². The predicted octanol–water partition coefficient (Wildman–Crippen LogP) is 10.5. The molecule has 190 valence electrons. The van der Waals surface area contributed by atoms with E-state index >= 15 is 0 Å². The lowest BCUT2D eigenvalue weighted by Gasteiger charge is -2.06. The van der Waals surface area contributed by atoms with Gasteiger partial charge in [-0.15, -0.1) is 22.7 Å². The molecule has 0 fully saturated rings.